The molecule has 1 aromatic carbocycles. The van der Waals surface area contributed by atoms with Crippen LogP contribution in [0.5, 0.6) is 0 Å². The van der Waals surface area contributed by atoms with E-state index in [-0.39, 0.29) is 10.9 Å². The largest absolute Gasteiger partial charge is 0.366 e. The van der Waals surface area contributed by atoms with Gasteiger partial charge in [0.05, 0.1) is 5.69 Å². The van der Waals surface area contributed by atoms with Crippen LogP contribution in [0, 0.1) is 0 Å². The first-order valence-electron chi connectivity index (χ1n) is 6.62. The summed E-state index contributed by atoms with van der Waals surface area (Å²) in [6.07, 6.45) is 4.34. The highest BCUT2D eigenvalue weighted by molar-refractivity contribution is 7.89. The van der Waals surface area contributed by atoms with Gasteiger partial charge in [0, 0.05) is 19.1 Å². The van der Waals surface area contributed by atoms with Crippen molar-refractivity contribution in [3.63, 3.8) is 0 Å². The molecule has 5 nitrogen and oxygen atoms in total. The molecule has 1 aromatic rings. The topological polar surface area (TPSA) is 89.4 Å². The first-order valence-corrected chi connectivity index (χ1v) is 8.17. The summed E-state index contributed by atoms with van der Waals surface area (Å²) in [4.78, 5) is 2.29. The third-order valence-corrected chi connectivity index (χ3v) is 4.59. The molecule has 0 amide bonds. The van der Waals surface area contributed by atoms with Gasteiger partial charge in [-0.2, -0.15) is 0 Å². The number of para-hydroxylation sites is 1. The maximum atomic E-state index is 11.7. The summed E-state index contributed by atoms with van der Waals surface area (Å²) in [7, 11) is -3.71. The molecule has 0 bridgehead atoms. The van der Waals surface area contributed by atoms with Gasteiger partial charge in [0.25, 0.3) is 0 Å². The highest BCUT2D eigenvalue weighted by Gasteiger charge is 2.24. The minimum atomic E-state index is -3.71. The molecule has 0 saturated carbocycles. The number of hydrogen-bond donors (Lipinski definition) is 2. The van der Waals surface area contributed by atoms with Gasteiger partial charge in [-0.05, 0) is 25.0 Å². The van der Waals surface area contributed by atoms with Crippen LogP contribution in [0.15, 0.2) is 29.2 Å². The molecule has 106 valence electrons. The summed E-state index contributed by atoms with van der Waals surface area (Å²) in [5.74, 6) is 0. The van der Waals surface area contributed by atoms with Crippen molar-refractivity contribution >= 4 is 15.7 Å². The fraction of sp³-hybridized carbons (Fsp3) is 0.538. The van der Waals surface area contributed by atoms with E-state index in [9.17, 15) is 8.42 Å². The van der Waals surface area contributed by atoms with Crippen LogP contribution in [0.3, 0.4) is 0 Å². The second-order valence-electron chi connectivity index (χ2n) is 4.94. The Morgan fingerprint density at radius 1 is 1.21 bits per heavy atom. The van der Waals surface area contributed by atoms with E-state index in [4.69, 9.17) is 10.9 Å². The summed E-state index contributed by atoms with van der Waals surface area (Å²) in [6.45, 7) is 1.35. The minimum absolute atomic E-state index is 0.186. The van der Waals surface area contributed by atoms with Gasteiger partial charge in [-0.25, -0.2) is 13.6 Å². The molecular weight excluding hydrogens is 262 g/mol. The van der Waals surface area contributed by atoms with Gasteiger partial charge in [0.1, 0.15) is 4.90 Å². The van der Waals surface area contributed by atoms with Crippen molar-refractivity contribution in [2.75, 3.05) is 18.0 Å². The SMILES string of the molecule is NCC1CCCCCN1c1ccccc1S(N)(=O)=O. The zero-order chi connectivity index (χ0) is 13.9. The van der Waals surface area contributed by atoms with Gasteiger partial charge < -0.3 is 10.6 Å². The monoisotopic (exact) mass is 283 g/mol. The van der Waals surface area contributed by atoms with Crippen molar-refractivity contribution in [1.82, 2.24) is 0 Å². The summed E-state index contributed by atoms with van der Waals surface area (Å²) >= 11 is 0. The number of anilines is 1. The summed E-state index contributed by atoms with van der Waals surface area (Å²) in [5.41, 5.74) is 6.52. The molecule has 6 heteroatoms. The molecular formula is C13H21N3O2S. The number of nitrogens with two attached hydrogens (primary N) is 2. The zero-order valence-corrected chi connectivity index (χ0v) is 11.8. The molecule has 1 unspecified atom stereocenters. The zero-order valence-electron chi connectivity index (χ0n) is 11.0. The van der Waals surface area contributed by atoms with E-state index in [0.29, 0.717) is 12.2 Å². The Morgan fingerprint density at radius 3 is 2.63 bits per heavy atom. The van der Waals surface area contributed by atoms with E-state index in [1.807, 2.05) is 12.1 Å². The Labute approximate surface area is 114 Å². The van der Waals surface area contributed by atoms with Gasteiger partial charge in [-0.1, -0.05) is 25.0 Å². The lowest BCUT2D eigenvalue weighted by Gasteiger charge is -2.32. The highest BCUT2D eigenvalue weighted by Crippen LogP contribution is 2.29. The second-order valence-corrected chi connectivity index (χ2v) is 6.47. The third-order valence-electron chi connectivity index (χ3n) is 3.63. The average Bonchev–Trinajstić information content (AvgIpc) is 2.62. The quantitative estimate of drug-likeness (QED) is 0.867. The first kappa shape index (κ1) is 14.3. The molecule has 2 rings (SSSR count). The first-order chi connectivity index (χ1) is 9.04. The van der Waals surface area contributed by atoms with Crippen LogP contribution in [-0.4, -0.2) is 27.5 Å². The van der Waals surface area contributed by atoms with Crippen molar-refractivity contribution < 1.29 is 8.42 Å². The Kier molecular flexibility index (Phi) is 4.44. The van der Waals surface area contributed by atoms with Gasteiger partial charge in [-0.3, -0.25) is 0 Å². The fourth-order valence-corrected chi connectivity index (χ4v) is 3.42. The van der Waals surface area contributed by atoms with E-state index in [1.54, 1.807) is 12.1 Å². The molecule has 0 aliphatic carbocycles. The van der Waals surface area contributed by atoms with E-state index >= 15 is 0 Å². The normalized spacial score (nSPS) is 21.2. The lowest BCUT2D eigenvalue weighted by atomic mass is 10.1. The van der Waals surface area contributed by atoms with Crippen LogP contribution in [0.25, 0.3) is 0 Å². The summed E-state index contributed by atoms with van der Waals surface area (Å²) < 4.78 is 23.4. The molecule has 1 fully saturated rings. The molecule has 0 radical (unpaired) electrons. The maximum Gasteiger partial charge on any atom is 0.240 e. The van der Waals surface area contributed by atoms with Crippen LogP contribution < -0.4 is 15.8 Å². The van der Waals surface area contributed by atoms with Crippen LogP contribution in [-0.2, 0) is 10.0 Å². The molecule has 1 saturated heterocycles. The molecule has 1 aliphatic heterocycles. The second kappa shape index (κ2) is 5.90. The van der Waals surface area contributed by atoms with Crippen molar-refractivity contribution in [3.05, 3.63) is 24.3 Å². The Balaban J connectivity index is 2.44. The van der Waals surface area contributed by atoms with Crippen molar-refractivity contribution in [2.45, 2.75) is 36.6 Å². The maximum absolute atomic E-state index is 11.7. The smallest absolute Gasteiger partial charge is 0.240 e. The van der Waals surface area contributed by atoms with Crippen LogP contribution in [0.2, 0.25) is 0 Å². The van der Waals surface area contributed by atoms with Crippen LogP contribution in [0.4, 0.5) is 5.69 Å². The molecule has 4 N–H and O–H groups in total. The fourth-order valence-electron chi connectivity index (χ4n) is 2.67. The van der Waals surface area contributed by atoms with Gasteiger partial charge in [-0.15, -0.1) is 0 Å². The number of rotatable bonds is 3. The number of sulfonamides is 1. The standard InChI is InChI=1S/C13H21N3O2S/c14-10-11-6-2-1-5-9-16(11)12-7-3-4-8-13(12)19(15,17)18/h3-4,7-8,11H,1-2,5-6,9-10,14H2,(H2,15,17,18). The van der Waals surface area contributed by atoms with Crippen molar-refractivity contribution in [2.24, 2.45) is 10.9 Å². The number of primary sulfonamides is 1. The lowest BCUT2D eigenvalue weighted by Crippen LogP contribution is -2.41. The van der Waals surface area contributed by atoms with Crippen LogP contribution >= 0.6 is 0 Å². The van der Waals surface area contributed by atoms with E-state index < -0.39 is 10.0 Å². The average molecular weight is 283 g/mol. The summed E-state index contributed by atoms with van der Waals surface area (Å²) in [5, 5.41) is 5.30. The Hall–Kier alpha value is -1.11. The molecule has 0 aromatic heterocycles. The molecule has 1 heterocycles. The number of hydrogen-bond acceptors (Lipinski definition) is 4. The molecule has 0 spiro atoms. The third kappa shape index (κ3) is 3.26. The number of benzene rings is 1. The van der Waals surface area contributed by atoms with Gasteiger partial charge in [0.2, 0.25) is 10.0 Å². The van der Waals surface area contributed by atoms with Crippen molar-refractivity contribution in [1.29, 1.82) is 0 Å². The van der Waals surface area contributed by atoms with Crippen molar-refractivity contribution in [3.8, 4) is 0 Å². The number of nitrogens with zero attached hydrogens (tertiary/aromatic N) is 1. The van der Waals surface area contributed by atoms with Gasteiger partial charge in [0.15, 0.2) is 0 Å². The predicted molar refractivity (Wildman–Crippen MR) is 76.5 cm³/mol. The minimum Gasteiger partial charge on any atom is -0.366 e. The van der Waals surface area contributed by atoms with E-state index in [0.717, 1.165) is 32.2 Å². The molecule has 19 heavy (non-hydrogen) atoms. The predicted octanol–water partition coefficient (Wildman–Crippen LogP) is 1.04. The van der Waals surface area contributed by atoms with Gasteiger partial charge >= 0.3 is 0 Å². The van der Waals surface area contributed by atoms with Crippen LogP contribution in [0.1, 0.15) is 25.7 Å². The molecule has 1 aliphatic rings. The molecule has 1 atom stereocenters. The van der Waals surface area contributed by atoms with E-state index in [2.05, 4.69) is 4.90 Å². The summed E-state index contributed by atoms with van der Waals surface area (Å²) in [6, 6.07) is 7.09. The highest BCUT2D eigenvalue weighted by atomic mass is 32.2. The van der Waals surface area contributed by atoms with E-state index in [1.165, 1.54) is 0 Å². The lowest BCUT2D eigenvalue weighted by molar-refractivity contribution is 0.573. The Bertz CT molecular complexity index is 530. The Morgan fingerprint density at radius 2 is 1.95 bits per heavy atom.